The van der Waals surface area contributed by atoms with Gasteiger partial charge in [0.15, 0.2) is 5.82 Å². The average molecular weight is 554 g/mol. The number of nitriles is 1. The van der Waals surface area contributed by atoms with E-state index in [0.29, 0.717) is 46.1 Å². The Morgan fingerprint density at radius 3 is 2.77 bits per heavy atom. The van der Waals surface area contributed by atoms with E-state index in [1.165, 1.54) is 4.68 Å². The molecule has 2 heterocycles. The Morgan fingerprint density at radius 1 is 1.33 bits per heavy atom. The number of carboxylic acid groups (broad SMARTS) is 1. The van der Waals surface area contributed by atoms with Crippen LogP contribution in [0.2, 0.25) is 5.02 Å². The van der Waals surface area contributed by atoms with Crippen molar-refractivity contribution >= 4 is 46.8 Å². The fourth-order valence-corrected chi connectivity index (χ4v) is 4.57. The number of hydrogen-bond acceptors (Lipinski definition) is 7. The van der Waals surface area contributed by atoms with E-state index < -0.39 is 6.09 Å². The predicted molar refractivity (Wildman–Crippen MR) is 149 cm³/mol. The van der Waals surface area contributed by atoms with Crippen molar-refractivity contribution in [1.82, 2.24) is 15.1 Å². The van der Waals surface area contributed by atoms with E-state index in [2.05, 4.69) is 35.6 Å². The van der Waals surface area contributed by atoms with Gasteiger partial charge < -0.3 is 20.5 Å². The monoisotopic (exact) mass is 553 g/mol. The number of hydrogen-bond donors (Lipinski definition) is 3. The summed E-state index contributed by atoms with van der Waals surface area (Å²) in [5.74, 6) is 0.491. The van der Waals surface area contributed by atoms with E-state index >= 15 is 0 Å². The van der Waals surface area contributed by atoms with E-state index in [4.69, 9.17) is 26.2 Å². The van der Waals surface area contributed by atoms with Gasteiger partial charge in [-0.2, -0.15) is 9.94 Å². The highest BCUT2D eigenvalue weighted by atomic mass is 35.5. The van der Waals surface area contributed by atoms with Crippen molar-refractivity contribution in [3.05, 3.63) is 47.0 Å². The maximum Gasteiger partial charge on any atom is 0.435 e. The molecule has 1 fully saturated rings. The molecule has 2 aromatic carbocycles. The predicted octanol–water partition coefficient (Wildman–Crippen LogP) is 5.29. The molecule has 0 unspecified atom stereocenters. The normalized spacial score (nSPS) is 14.7. The Kier molecular flexibility index (Phi) is 10.8. The summed E-state index contributed by atoms with van der Waals surface area (Å²) in [5.41, 5.74) is 2.41. The molecule has 11 heteroatoms. The first-order valence-electron chi connectivity index (χ1n) is 12.8. The summed E-state index contributed by atoms with van der Waals surface area (Å²) in [6.45, 7) is 5.79. The molecule has 1 aliphatic rings. The van der Waals surface area contributed by atoms with Gasteiger partial charge in [0.05, 0.1) is 29.7 Å². The van der Waals surface area contributed by atoms with Crippen LogP contribution in [-0.4, -0.2) is 53.1 Å². The summed E-state index contributed by atoms with van der Waals surface area (Å²) >= 11 is 6.43. The number of carbonyl (C=O) groups is 3. The molecule has 206 valence electrons. The number of aromatic nitrogens is 2. The van der Waals surface area contributed by atoms with Gasteiger partial charge in [-0.3, -0.25) is 9.59 Å². The molecule has 0 bridgehead atoms. The quantitative estimate of drug-likeness (QED) is 0.264. The smallest absolute Gasteiger partial charge is 0.435 e. The second-order valence-corrected chi connectivity index (χ2v) is 9.99. The number of halogens is 1. The third-order valence-electron chi connectivity index (χ3n) is 6.32. The highest BCUT2D eigenvalue weighted by Gasteiger charge is 2.24. The van der Waals surface area contributed by atoms with Crippen molar-refractivity contribution < 1.29 is 24.2 Å². The maximum atomic E-state index is 13.0. The second kappa shape index (κ2) is 14.3. The minimum atomic E-state index is -0.596. The summed E-state index contributed by atoms with van der Waals surface area (Å²) in [7, 11) is 0. The first-order chi connectivity index (χ1) is 18.8. The van der Waals surface area contributed by atoms with Gasteiger partial charge in [0, 0.05) is 22.5 Å². The van der Waals surface area contributed by atoms with Crippen LogP contribution in [0, 0.1) is 23.2 Å². The number of piperidine rings is 1. The first kappa shape index (κ1) is 29.6. The fourth-order valence-electron chi connectivity index (χ4n) is 4.34. The molecule has 0 radical (unpaired) electrons. The molecule has 0 aliphatic carbocycles. The molecule has 0 spiro atoms. The van der Waals surface area contributed by atoms with Crippen molar-refractivity contribution in [3.8, 4) is 17.2 Å². The summed E-state index contributed by atoms with van der Waals surface area (Å²) in [5, 5.41) is 27.9. The zero-order valence-corrected chi connectivity index (χ0v) is 22.7. The van der Waals surface area contributed by atoms with Gasteiger partial charge in [-0.1, -0.05) is 31.5 Å². The molecule has 10 nitrogen and oxygen atoms in total. The largest absolute Gasteiger partial charge is 0.483 e. The Balaban J connectivity index is 0.00000134. The molecule has 1 aliphatic heterocycles. The number of fused-ring (bicyclic) bond motifs is 1. The number of carbonyl (C=O) groups excluding carboxylic acids is 2. The third-order valence-corrected chi connectivity index (χ3v) is 6.65. The Bertz CT molecular complexity index is 1360. The zero-order valence-electron chi connectivity index (χ0n) is 21.9. The number of nitrogens with zero attached hydrogens (tertiary/aromatic N) is 3. The van der Waals surface area contributed by atoms with Crippen LogP contribution in [0.1, 0.15) is 45.1 Å². The number of anilines is 1. The lowest BCUT2D eigenvalue weighted by Gasteiger charge is -2.21. The van der Waals surface area contributed by atoms with Gasteiger partial charge in [0.2, 0.25) is 5.91 Å². The average Bonchev–Trinajstić information content (AvgIpc) is 3.29. The zero-order chi connectivity index (χ0) is 28.4. The van der Waals surface area contributed by atoms with E-state index in [9.17, 15) is 14.9 Å². The molecule has 3 N–H and O–H groups in total. The van der Waals surface area contributed by atoms with Gasteiger partial charge in [0.25, 0.3) is 6.47 Å². The number of nitrogens with one attached hydrogen (secondary N) is 2. The molecular formula is C28H32ClN5O5. The van der Waals surface area contributed by atoms with Crippen LogP contribution < -0.4 is 10.6 Å². The van der Waals surface area contributed by atoms with Gasteiger partial charge >= 0.3 is 6.09 Å². The van der Waals surface area contributed by atoms with Crippen LogP contribution >= 0.6 is 11.6 Å². The maximum absolute atomic E-state index is 13.0. The summed E-state index contributed by atoms with van der Waals surface area (Å²) in [6.07, 6.45) is 2.83. The second-order valence-electron chi connectivity index (χ2n) is 9.59. The van der Waals surface area contributed by atoms with Crippen LogP contribution in [0.4, 0.5) is 10.6 Å². The summed E-state index contributed by atoms with van der Waals surface area (Å²) < 4.78 is 6.66. The van der Waals surface area contributed by atoms with E-state index in [1.807, 2.05) is 12.1 Å². The summed E-state index contributed by atoms with van der Waals surface area (Å²) in [4.78, 5) is 34.2. The molecule has 1 amide bonds. The SMILES string of the molecule is CC(C)CCCOC(=O)n1nc(NC(=O)[C@@H]2CCCNC2)c2cc(-c3cc(C#N)ccc3Cl)ccc21.O=CO. The number of ether oxygens (including phenoxy) is 1. The van der Waals surface area contributed by atoms with Crippen LogP contribution in [-0.2, 0) is 14.3 Å². The minimum absolute atomic E-state index is 0.144. The number of benzene rings is 2. The van der Waals surface area contributed by atoms with Gasteiger partial charge in [-0.15, -0.1) is 5.10 Å². The van der Waals surface area contributed by atoms with Gasteiger partial charge in [0.1, 0.15) is 0 Å². The van der Waals surface area contributed by atoms with Gasteiger partial charge in [-0.05, 0) is 74.0 Å². The van der Waals surface area contributed by atoms with E-state index in [0.717, 1.165) is 37.8 Å². The molecule has 1 atom stereocenters. The molecule has 4 rings (SSSR count). The van der Waals surface area contributed by atoms with Crippen molar-refractivity contribution in [1.29, 1.82) is 5.26 Å². The summed E-state index contributed by atoms with van der Waals surface area (Å²) in [6, 6.07) is 12.6. The first-order valence-corrected chi connectivity index (χ1v) is 13.2. The van der Waals surface area contributed by atoms with Crippen molar-refractivity contribution in [2.45, 2.75) is 39.5 Å². The topological polar surface area (TPSA) is 146 Å². The highest BCUT2D eigenvalue weighted by Crippen LogP contribution is 2.34. The standard InChI is InChI=1S/C27H30ClN5O3.CH2O2/c1-17(2)5-4-12-36-27(35)33-24-10-8-19(21-13-18(15-29)7-9-23(21)28)14-22(24)25(32-33)31-26(34)20-6-3-11-30-16-20;2-1-3/h7-10,13-14,17,20,30H,3-6,11-12,16H2,1-2H3,(H,31,32,34);1H,(H,2,3)/t20-;/m1./s1. The van der Waals surface area contributed by atoms with Crippen molar-refractivity contribution in [2.75, 3.05) is 25.0 Å². The van der Waals surface area contributed by atoms with Crippen molar-refractivity contribution in [2.24, 2.45) is 11.8 Å². The van der Waals surface area contributed by atoms with Crippen molar-refractivity contribution in [3.63, 3.8) is 0 Å². The molecule has 0 saturated carbocycles. The minimum Gasteiger partial charge on any atom is -0.483 e. The lowest BCUT2D eigenvalue weighted by Crippen LogP contribution is -2.37. The van der Waals surface area contributed by atoms with Gasteiger partial charge in [-0.25, -0.2) is 4.79 Å². The Hall–Kier alpha value is -3.94. The van der Waals surface area contributed by atoms with Crippen LogP contribution in [0.5, 0.6) is 0 Å². The highest BCUT2D eigenvalue weighted by molar-refractivity contribution is 6.33. The third kappa shape index (κ3) is 7.78. The lowest BCUT2D eigenvalue weighted by atomic mass is 9.98. The molecule has 1 aromatic heterocycles. The molecule has 1 saturated heterocycles. The number of rotatable bonds is 7. The Morgan fingerprint density at radius 2 is 2.10 bits per heavy atom. The number of amides is 1. The fraction of sp³-hybridized carbons (Fsp3) is 0.393. The Labute approximate surface area is 231 Å². The van der Waals surface area contributed by atoms with Crippen LogP contribution in [0.15, 0.2) is 36.4 Å². The molecular weight excluding hydrogens is 522 g/mol. The molecule has 3 aromatic rings. The van der Waals surface area contributed by atoms with Crippen LogP contribution in [0.25, 0.3) is 22.0 Å². The molecule has 39 heavy (non-hydrogen) atoms. The van der Waals surface area contributed by atoms with E-state index in [-0.39, 0.29) is 24.1 Å². The van der Waals surface area contributed by atoms with E-state index in [1.54, 1.807) is 24.3 Å². The van der Waals surface area contributed by atoms with Crippen LogP contribution in [0.3, 0.4) is 0 Å². The lowest BCUT2D eigenvalue weighted by molar-refractivity contribution is -0.123.